The van der Waals surface area contributed by atoms with E-state index in [0.29, 0.717) is 6.42 Å². The average molecular weight is 293 g/mol. The Morgan fingerprint density at radius 2 is 1.90 bits per heavy atom. The molecule has 20 heavy (non-hydrogen) atoms. The van der Waals surface area contributed by atoms with Crippen LogP contribution in [0.3, 0.4) is 0 Å². The molecule has 106 valence electrons. The van der Waals surface area contributed by atoms with Crippen molar-refractivity contribution in [3.63, 3.8) is 0 Å². The molecule has 0 spiro atoms. The Bertz CT molecular complexity index is 613. The number of aryl methyl sites for hydroxylation is 2. The van der Waals surface area contributed by atoms with Crippen LogP contribution in [0.25, 0.3) is 0 Å². The fourth-order valence-electron chi connectivity index (χ4n) is 2.27. The van der Waals surface area contributed by atoms with Gasteiger partial charge in [-0.05, 0) is 60.7 Å². The molecule has 0 radical (unpaired) electrons. The van der Waals surface area contributed by atoms with Crippen molar-refractivity contribution in [2.24, 2.45) is 5.84 Å². The van der Waals surface area contributed by atoms with Crippen LogP contribution in [0.4, 0.5) is 4.39 Å². The molecule has 0 aliphatic carbocycles. The summed E-state index contributed by atoms with van der Waals surface area (Å²) in [5.41, 5.74) is 6.90. The van der Waals surface area contributed by atoms with Crippen molar-refractivity contribution in [2.75, 3.05) is 0 Å². The van der Waals surface area contributed by atoms with E-state index in [1.807, 2.05) is 32.0 Å². The first-order chi connectivity index (χ1) is 9.51. The number of hydrogen-bond acceptors (Lipinski definition) is 2. The van der Waals surface area contributed by atoms with Gasteiger partial charge < -0.3 is 0 Å². The number of benzene rings is 2. The number of rotatable bonds is 4. The summed E-state index contributed by atoms with van der Waals surface area (Å²) in [5.74, 6) is 5.45. The third-order valence-corrected chi connectivity index (χ3v) is 3.94. The van der Waals surface area contributed by atoms with Crippen LogP contribution >= 0.6 is 11.6 Å². The Balaban J connectivity index is 2.26. The first-order valence-electron chi connectivity index (χ1n) is 6.48. The van der Waals surface area contributed by atoms with Crippen LogP contribution in [0.1, 0.15) is 28.3 Å². The smallest absolute Gasteiger partial charge is 0.123 e. The minimum absolute atomic E-state index is 0.0323. The molecule has 1 unspecified atom stereocenters. The number of hydrazine groups is 1. The van der Waals surface area contributed by atoms with Crippen molar-refractivity contribution in [1.29, 1.82) is 0 Å². The molecule has 0 heterocycles. The standard InChI is InChI=1S/C16H18ClFN2/c1-10-8-14(18)5-3-12(10)9-16(20-19)13-4-6-15(17)11(2)7-13/h3-8,16,20H,9,19H2,1-2H3. The van der Waals surface area contributed by atoms with Gasteiger partial charge in [-0.2, -0.15) is 0 Å². The van der Waals surface area contributed by atoms with Crippen LogP contribution in [-0.2, 0) is 6.42 Å². The molecule has 1 atom stereocenters. The first-order valence-corrected chi connectivity index (χ1v) is 6.86. The summed E-state index contributed by atoms with van der Waals surface area (Å²) in [7, 11) is 0. The normalized spacial score (nSPS) is 12.4. The van der Waals surface area contributed by atoms with E-state index in [2.05, 4.69) is 5.43 Å². The van der Waals surface area contributed by atoms with Crippen molar-refractivity contribution < 1.29 is 4.39 Å². The maximum Gasteiger partial charge on any atom is 0.123 e. The second-order valence-corrected chi connectivity index (χ2v) is 5.41. The van der Waals surface area contributed by atoms with E-state index in [1.54, 1.807) is 6.07 Å². The minimum Gasteiger partial charge on any atom is -0.271 e. The highest BCUT2D eigenvalue weighted by Crippen LogP contribution is 2.24. The summed E-state index contributed by atoms with van der Waals surface area (Å²) in [4.78, 5) is 0. The lowest BCUT2D eigenvalue weighted by molar-refractivity contribution is 0.549. The van der Waals surface area contributed by atoms with E-state index >= 15 is 0 Å². The minimum atomic E-state index is -0.217. The molecule has 0 aromatic heterocycles. The Morgan fingerprint density at radius 3 is 2.50 bits per heavy atom. The number of nitrogens with two attached hydrogens (primary N) is 1. The average Bonchev–Trinajstić information content (AvgIpc) is 2.41. The Hall–Kier alpha value is -1.42. The van der Waals surface area contributed by atoms with E-state index in [4.69, 9.17) is 17.4 Å². The SMILES string of the molecule is Cc1cc(C(Cc2ccc(F)cc2C)NN)ccc1Cl. The molecular formula is C16H18ClFN2. The summed E-state index contributed by atoms with van der Waals surface area (Å²) in [5, 5.41) is 0.738. The van der Waals surface area contributed by atoms with Crippen molar-refractivity contribution in [3.05, 3.63) is 69.5 Å². The van der Waals surface area contributed by atoms with Gasteiger partial charge in [0.25, 0.3) is 0 Å². The van der Waals surface area contributed by atoms with E-state index in [-0.39, 0.29) is 11.9 Å². The largest absolute Gasteiger partial charge is 0.271 e. The molecule has 2 aromatic carbocycles. The first kappa shape index (κ1) is 15.0. The lowest BCUT2D eigenvalue weighted by atomic mass is 9.95. The second kappa shape index (κ2) is 6.35. The molecule has 0 saturated heterocycles. The number of hydrogen-bond donors (Lipinski definition) is 2. The van der Waals surface area contributed by atoms with Crippen LogP contribution in [0.15, 0.2) is 36.4 Å². The number of halogens is 2. The molecule has 2 nitrogen and oxygen atoms in total. The van der Waals surface area contributed by atoms with Crippen LogP contribution in [0.5, 0.6) is 0 Å². The third kappa shape index (κ3) is 3.37. The van der Waals surface area contributed by atoms with Gasteiger partial charge in [-0.25, -0.2) is 4.39 Å². The third-order valence-electron chi connectivity index (χ3n) is 3.51. The van der Waals surface area contributed by atoms with Gasteiger partial charge in [-0.1, -0.05) is 29.8 Å². The molecular weight excluding hydrogens is 275 g/mol. The highest BCUT2D eigenvalue weighted by Gasteiger charge is 2.13. The topological polar surface area (TPSA) is 38.0 Å². The van der Waals surface area contributed by atoms with Crippen LogP contribution in [0.2, 0.25) is 5.02 Å². The molecule has 0 aliphatic heterocycles. The maximum atomic E-state index is 13.1. The van der Waals surface area contributed by atoms with Crippen LogP contribution < -0.4 is 11.3 Å². The van der Waals surface area contributed by atoms with E-state index in [9.17, 15) is 4.39 Å². The molecule has 2 rings (SSSR count). The van der Waals surface area contributed by atoms with Gasteiger partial charge in [-0.3, -0.25) is 11.3 Å². The Kier molecular flexibility index (Phi) is 4.76. The maximum absolute atomic E-state index is 13.1. The quantitative estimate of drug-likeness (QED) is 0.664. The zero-order valence-corrected chi connectivity index (χ0v) is 12.3. The van der Waals surface area contributed by atoms with Crippen molar-refractivity contribution >= 4 is 11.6 Å². The van der Waals surface area contributed by atoms with E-state index < -0.39 is 0 Å². The highest BCUT2D eigenvalue weighted by atomic mass is 35.5. The second-order valence-electron chi connectivity index (χ2n) is 5.00. The Labute approximate surface area is 123 Å². The zero-order chi connectivity index (χ0) is 14.7. The van der Waals surface area contributed by atoms with Crippen molar-refractivity contribution in [2.45, 2.75) is 26.3 Å². The van der Waals surface area contributed by atoms with Crippen molar-refractivity contribution in [3.8, 4) is 0 Å². The van der Waals surface area contributed by atoms with Crippen LogP contribution in [0, 0.1) is 19.7 Å². The molecule has 0 saturated carbocycles. The highest BCUT2D eigenvalue weighted by molar-refractivity contribution is 6.31. The van der Waals surface area contributed by atoms with Gasteiger partial charge in [0.05, 0.1) is 0 Å². The summed E-state index contributed by atoms with van der Waals surface area (Å²) < 4.78 is 13.1. The molecule has 0 aliphatic rings. The van der Waals surface area contributed by atoms with E-state index in [1.165, 1.54) is 12.1 Å². The van der Waals surface area contributed by atoms with Gasteiger partial charge in [-0.15, -0.1) is 0 Å². The molecule has 0 fully saturated rings. The van der Waals surface area contributed by atoms with Gasteiger partial charge in [0.15, 0.2) is 0 Å². The molecule has 2 aromatic rings. The number of nitrogens with one attached hydrogen (secondary N) is 1. The fourth-order valence-corrected chi connectivity index (χ4v) is 2.38. The summed E-state index contributed by atoms with van der Waals surface area (Å²) in [6, 6.07) is 10.6. The Morgan fingerprint density at radius 1 is 1.15 bits per heavy atom. The predicted octanol–water partition coefficient (Wildman–Crippen LogP) is 3.84. The lowest BCUT2D eigenvalue weighted by Gasteiger charge is -2.18. The summed E-state index contributed by atoms with van der Waals surface area (Å²) >= 11 is 6.04. The molecule has 0 amide bonds. The lowest BCUT2D eigenvalue weighted by Crippen LogP contribution is -2.29. The molecule has 0 bridgehead atoms. The van der Waals surface area contributed by atoms with Gasteiger partial charge in [0.1, 0.15) is 5.82 Å². The van der Waals surface area contributed by atoms with Gasteiger partial charge in [0, 0.05) is 11.1 Å². The fraction of sp³-hybridized carbons (Fsp3) is 0.250. The van der Waals surface area contributed by atoms with Crippen LogP contribution in [-0.4, -0.2) is 0 Å². The predicted molar refractivity (Wildman–Crippen MR) is 81.1 cm³/mol. The summed E-state index contributed by atoms with van der Waals surface area (Å²) in [6.07, 6.45) is 0.698. The monoisotopic (exact) mass is 292 g/mol. The van der Waals surface area contributed by atoms with Gasteiger partial charge in [0.2, 0.25) is 0 Å². The molecule has 3 N–H and O–H groups in total. The van der Waals surface area contributed by atoms with Gasteiger partial charge >= 0.3 is 0 Å². The zero-order valence-electron chi connectivity index (χ0n) is 11.6. The molecule has 4 heteroatoms. The van der Waals surface area contributed by atoms with Crippen molar-refractivity contribution in [1.82, 2.24) is 5.43 Å². The summed E-state index contributed by atoms with van der Waals surface area (Å²) in [6.45, 7) is 3.86. The van der Waals surface area contributed by atoms with E-state index in [0.717, 1.165) is 27.3 Å².